The van der Waals surface area contributed by atoms with Crippen LogP contribution in [0.2, 0.25) is 0 Å². The lowest BCUT2D eigenvalue weighted by atomic mass is 10.2. The maximum atomic E-state index is 4.09. The Labute approximate surface area is 88.8 Å². The Kier molecular flexibility index (Phi) is 2.63. The Bertz CT molecular complexity index is 474. The Morgan fingerprint density at radius 1 is 1.40 bits per heavy atom. The van der Waals surface area contributed by atoms with Crippen molar-refractivity contribution in [2.24, 2.45) is 0 Å². The number of aromatic nitrogens is 2. The summed E-state index contributed by atoms with van der Waals surface area (Å²) in [6.45, 7) is 5.75. The molecule has 3 nitrogen and oxygen atoms in total. The van der Waals surface area contributed by atoms with E-state index in [0.29, 0.717) is 0 Å². The largest absolute Gasteiger partial charge is 0.362 e. The van der Waals surface area contributed by atoms with Crippen LogP contribution in [0, 0.1) is 0 Å². The van der Waals surface area contributed by atoms with Crippen molar-refractivity contribution in [3.05, 3.63) is 43.1 Å². The summed E-state index contributed by atoms with van der Waals surface area (Å²) in [6.07, 6.45) is 3.60. The van der Waals surface area contributed by atoms with E-state index in [0.717, 1.165) is 16.6 Å². The molecule has 15 heavy (non-hydrogen) atoms. The zero-order chi connectivity index (χ0) is 10.7. The molecule has 0 saturated carbocycles. The van der Waals surface area contributed by atoms with Gasteiger partial charge in [0.05, 0.1) is 6.20 Å². The quantitative estimate of drug-likeness (QED) is 0.772. The Morgan fingerprint density at radius 2 is 2.20 bits per heavy atom. The SMILES string of the molecule is C=CC(C)Nc1nncc2ccccc12. The van der Waals surface area contributed by atoms with Gasteiger partial charge in [0, 0.05) is 16.8 Å². The van der Waals surface area contributed by atoms with E-state index in [1.807, 2.05) is 37.3 Å². The summed E-state index contributed by atoms with van der Waals surface area (Å²) in [5.41, 5.74) is 0. The molecule has 0 spiro atoms. The standard InChI is InChI=1S/C12H13N3/c1-3-9(2)14-12-11-7-5-4-6-10(11)8-13-15-12/h3-9H,1H2,2H3,(H,14,15). The minimum atomic E-state index is 0.185. The second-order valence-electron chi connectivity index (χ2n) is 3.45. The lowest BCUT2D eigenvalue weighted by molar-refractivity contribution is 0.955. The summed E-state index contributed by atoms with van der Waals surface area (Å²) in [4.78, 5) is 0. The minimum absolute atomic E-state index is 0.185. The first-order valence-corrected chi connectivity index (χ1v) is 4.91. The molecule has 0 aliphatic carbocycles. The van der Waals surface area contributed by atoms with Crippen molar-refractivity contribution in [1.82, 2.24) is 10.2 Å². The minimum Gasteiger partial charge on any atom is -0.362 e. The van der Waals surface area contributed by atoms with Gasteiger partial charge in [-0.15, -0.1) is 11.7 Å². The molecule has 0 saturated heterocycles. The van der Waals surface area contributed by atoms with Crippen LogP contribution in [0.15, 0.2) is 43.1 Å². The van der Waals surface area contributed by atoms with Gasteiger partial charge in [-0.25, -0.2) is 0 Å². The number of benzene rings is 1. The van der Waals surface area contributed by atoms with Crippen LogP contribution in [0.4, 0.5) is 5.82 Å². The molecular weight excluding hydrogens is 186 g/mol. The zero-order valence-corrected chi connectivity index (χ0v) is 8.64. The van der Waals surface area contributed by atoms with E-state index < -0.39 is 0 Å². The van der Waals surface area contributed by atoms with E-state index >= 15 is 0 Å². The molecule has 1 heterocycles. The van der Waals surface area contributed by atoms with Crippen molar-refractivity contribution >= 4 is 16.6 Å². The van der Waals surface area contributed by atoms with Gasteiger partial charge in [-0.1, -0.05) is 30.3 Å². The molecular formula is C12H13N3. The molecule has 0 bridgehead atoms. The molecule has 0 aliphatic heterocycles. The molecule has 2 rings (SSSR count). The van der Waals surface area contributed by atoms with Crippen molar-refractivity contribution in [3.63, 3.8) is 0 Å². The van der Waals surface area contributed by atoms with E-state index in [4.69, 9.17) is 0 Å². The first-order valence-electron chi connectivity index (χ1n) is 4.91. The van der Waals surface area contributed by atoms with Gasteiger partial charge >= 0.3 is 0 Å². The fourth-order valence-electron chi connectivity index (χ4n) is 1.41. The van der Waals surface area contributed by atoms with Crippen molar-refractivity contribution in [2.45, 2.75) is 13.0 Å². The van der Waals surface area contributed by atoms with Gasteiger partial charge in [-0.3, -0.25) is 0 Å². The third kappa shape index (κ3) is 1.96. The number of nitrogens with zero attached hydrogens (tertiary/aromatic N) is 2. The van der Waals surface area contributed by atoms with Crippen molar-refractivity contribution in [1.29, 1.82) is 0 Å². The van der Waals surface area contributed by atoms with Crippen LogP contribution in [0.25, 0.3) is 10.8 Å². The van der Waals surface area contributed by atoms with Crippen LogP contribution in [-0.2, 0) is 0 Å². The number of anilines is 1. The smallest absolute Gasteiger partial charge is 0.157 e. The molecule has 0 amide bonds. The molecule has 3 heteroatoms. The highest BCUT2D eigenvalue weighted by atomic mass is 15.2. The number of rotatable bonds is 3. The van der Waals surface area contributed by atoms with E-state index in [1.165, 1.54) is 0 Å². The third-order valence-electron chi connectivity index (χ3n) is 2.29. The molecule has 0 radical (unpaired) electrons. The third-order valence-corrected chi connectivity index (χ3v) is 2.29. The maximum Gasteiger partial charge on any atom is 0.157 e. The van der Waals surface area contributed by atoms with E-state index in [2.05, 4.69) is 22.1 Å². The van der Waals surface area contributed by atoms with Gasteiger partial charge < -0.3 is 5.32 Å². The maximum absolute atomic E-state index is 4.09. The summed E-state index contributed by atoms with van der Waals surface area (Å²) >= 11 is 0. The van der Waals surface area contributed by atoms with Crippen LogP contribution in [0.5, 0.6) is 0 Å². The summed E-state index contributed by atoms with van der Waals surface area (Å²) in [5.74, 6) is 0.806. The predicted molar refractivity (Wildman–Crippen MR) is 62.8 cm³/mol. The first-order chi connectivity index (χ1) is 7.31. The number of hydrogen-bond donors (Lipinski definition) is 1. The van der Waals surface area contributed by atoms with Gasteiger partial charge in [0.25, 0.3) is 0 Å². The van der Waals surface area contributed by atoms with Gasteiger partial charge in [-0.2, -0.15) is 5.10 Å². The Hall–Kier alpha value is -1.90. The fourth-order valence-corrected chi connectivity index (χ4v) is 1.41. The van der Waals surface area contributed by atoms with E-state index in [1.54, 1.807) is 6.20 Å². The number of nitrogens with one attached hydrogen (secondary N) is 1. The summed E-state index contributed by atoms with van der Waals surface area (Å²) in [5, 5.41) is 13.5. The predicted octanol–water partition coefficient (Wildman–Crippen LogP) is 2.62. The van der Waals surface area contributed by atoms with Crippen molar-refractivity contribution in [3.8, 4) is 0 Å². The fraction of sp³-hybridized carbons (Fsp3) is 0.167. The summed E-state index contributed by atoms with van der Waals surface area (Å²) in [6, 6.07) is 8.22. The normalized spacial score (nSPS) is 12.3. The van der Waals surface area contributed by atoms with Crippen LogP contribution in [0.3, 0.4) is 0 Å². The zero-order valence-electron chi connectivity index (χ0n) is 8.64. The summed E-state index contributed by atoms with van der Waals surface area (Å²) < 4.78 is 0. The highest BCUT2D eigenvalue weighted by Gasteiger charge is 2.03. The van der Waals surface area contributed by atoms with Crippen LogP contribution >= 0.6 is 0 Å². The molecule has 0 aliphatic rings. The average Bonchev–Trinajstić information content (AvgIpc) is 2.29. The molecule has 1 N–H and O–H groups in total. The average molecular weight is 199 g/mol. The lowest BCUT2D eigenvalue weighted by Gasteiger charge is -2.10. The molecule has 0 fully saturated rings. The first kappa shape index (κ1) is 9.65. The van der Waals surface area contributed by atoms with Crippen LogP contribution in [-0.4, -0.2) is 16.2 Å². The van der Waals surface area contributed by atoms with E-state index in [9.17, 15) is 0 Å². The number of fused-ring (bicyclic) bond motifs is 1. The van der Waals surface area contributed by atoms with E-state index in [-0.39, 0.29) is 6.04 Å². The number of hydrogen-bond acceptors (Lipinski definition) is 3. The summed E-state index contributed by atoms with van der Waals surface area (Å²) in [7, 11) is 0. The molecule has 1 aromatic heterocycles. The van der Waals surface area contributed by atoms with Crippen molar-refractivity contribution < 1.29 is 0 Å². The molecule has 2 aromatic rings. The van der Waals surface area contributed by atoms with Gasteiger partial charge in [0.1, 0.15) is 0 Å². The second kappa shape index (κ2) is 4.09. The Morgan fingerprint density at radius 3 is 3.00 bits per heavy atom. The molecule has 1 atom stereocenters. The Balaban J connectivity index is 2.46. The second-order valence-corrected chi connectivity index (χ2v) is 3.45. The van der Waals surface area contributed by atoms with Crippen LogP contribution < -0.4 is 5.32 Å². The highest BCUT2D eigenvalue weighted by Crippen LogP contribution is 2.19. The monoisotopic (exact) mass is 199 g/mol. The lowest BCUT2D eigenvalue weighted by Crippen LogP contribution is -2.13. The highest BCUT2D eigenvalue weighted by molar-refractivity contribution is 5.90. The van der Waals surface area contributed by atoms with Crippen molar-refractivity contribution in [2.75, 3.05) is 5.32 Å². The molecule has 76 valence electrons. The molecule has 1 unspecified atom stereocenters. The van der Waals surface area contributed by atoms with Gasteiger partial charge in [-0.05, 0) is 6.92 Å². The molecule has 1 aromatic carbocycles. The topological polar surface area (TPSA) is 37.8 Å². The van der Waals surface area contributed by atoms with Gasteiger partial charge in [0.2, 0.25) is 0 Å². The van der Waals surface area contributed by atoms with Crippen LogP contribution in [0.1, 0.15) is 6.92 Å². The van der Waals surface area contributed by atoms with Gasteiger partial charge in [0.15, 0.2) is 5.82 Å².